The minimum absolute atomic E-state index is 0.738. The minimum Gasteiger partial charge on any atom is -0.303 e. The van der Waals surface area contributed by atoms with Crippen LogP contribution in [-0.2, 0) is 0 Å². The summed E-state index contributed by atoms with van der Waals surface area (Å²) in [7, 11) is 0. The van der Waals surface area contributed by atoms with Gasteiger partial charge in [-0.2, -0.15) is 0 Å². The highest BCUT2D eigenvalue weighted by molar-refractivity contribution is 7.09. The summed E-state index contributed by atoms with van der Waals surface area (Å²) in [6.45, 7) is 6.01. The van der Waals surface area contributed by atoms with Gasteiger partial charge in [-0.25, -0.2) is 4.98 Å². The number of rotatable bonds is 1. The topological polar surface area (TPSA) is 16.1 Å². The molecule has 14 heavy (non-hydrogen) atoms. The Bertz CT molecular complexity index is 326. The molecule has 3 heteroatoms. The fourth-order valence-corrected chi connectivity index (χ4v) is 3.53. The largest absolute Gasteiger partial charge is 0.303 e. The third kappa shape index (κ3) is 1.39. The molecule has 4 rings (SSSR count). The molecule has 0 saturated carbocycles. The second-order valence-electron chi connectivity index (χ2n) is 4.54. The number of fused-ring (bicyclic) bond motifs is 3. The van der Waals surface area contributed by atoms with E-state index in [9.17, 15) is 0 Å². The van der Waals surface area contributed by atoms with E-state index in [1.165, 1.54) is 43.2 Å². The van der Waals surface area contributed by atoms with E-state index in [1.54, 1.807) is 11.3 Å². The zero-order valence-electron chi connectivity index (χ0n) is 8.57. The van der Waals surface area contributed by atoms with Crippen LogP contribution in [0.5, 0.6) is 0 Å². The average molecular weight is 208 g/mol. The Balaban J connectivity index is 1.85. The van der Waals surface area contributed by atoms with Gasteiger partial charge in [-0.1, -0.05) is 0 Å². The number of aryl methyl sites for hydroxylation is 1. The molecule has 1 atom stereocenters. The van der Waals surface area contributed by atoms with Gasteiger partial charge in [0.15, 0.2) is 0 Å². The van der Waals surface area contributed by atoms with Crippen LogP contribution in [0.25, 0.3) is 0 Å². The maximum absolute atomic E-state index is 4.64. The lowest BCUT2D eigenvalue weighted by Crippen LogP contribution is -2.46. The number of hydrogen-bond acceptors (Lipinski definition) is 3. The smallest absolute Gasteiger partial charge is 0.0897 e. The molecule has 3 aliphatic heterocycles. The molecule has 0 amide bonds. The van der Waals surface area contributed by atoms with Crippen LogP contribution in [0.4, 0.5) is 0 Å². The van der Waals surface area contributed by atoms with E-state index in [2.05, 4.69) is 22.2 Å². The normalized spacial score (nSPS) is 36.2. The van der Waals surface area contributed by atoms with E-state index in [0.29, 0.717) is 0 Å². The van der Waals surface area contributed by atoms with Gasteiger partial charge >= 0.3 is 0 Å². The van der Waals surface area contributed by atoms with Crippen LogP contribution in [0, 0.1) is 12.8 Å². The van der Waals surface area contributed by atoms with Crippen molar-refractivity contribution in [3.63, 3.8) is 0 Å². The van der Waals surface area contributed by atoms with Crippen molar-refractivity contribution in [3.8, 4) is 0 Å². The summed E-state index contributed by atoms with van der Waals surface area (Å²) in [6, 6.07) is 0. The SMILES string of the molecule is Cc1nc(C2CN3CCC2CC3)cs1. The fraction of sp³-hybridized carbons (Fsp3) is 0.727. The number of nitrogens with zero attached hydrogens (tertiary/aromatic N) is 2. The third-order valence-electron chi connectivity index (χ3n) is 3.67. The summed E-state index contributed by atoms with van der Waals surface area (Å²) >= 11 is 1.80. The molecule has 3 fully saturated rings. The molecule has 0 aromatic carbocycles. The molecule has 0 radical (unpaired) electrons. The van der Waals surface area contributed by atoms with Gasteiger partial charge in [0.25, 0.3) is 0 Å². The minimum atomic E-state index is 0.738. The molecule has 4 heterocycles. The van der Waals surface area contributed by atoms with E-state index < -0.39 is 0 Å². The first-order valence-corrected chi connectivity index (χ1v) is 6.35. The van der Waals surface area contributed by atoms with Gasteiger partial charge in [0.2, 0.25) is 0 Å². The van der Waals surface area contributed by atoms with Crippen LogP contribution < -0.4 is 0 Å². The van der Waals surface area contributed by atoms with Crippen molar-refractivity contribution in [1.29, 1.82) is 0 Å². The summed E-state index contributed by atoms with van der Waals surface area (Å²) in [5, 5.41) is 3.48. The number of piperidine rings is 3. The Morgan fingerprint density at radius 3 is 2.71 bits per heavy atom. The van der Waals surface area contributed by atoms with Crippen LogP contribution in [-0.4, -0.2) is 29.5 Å². The van der Waals surface area contributed by atoms with Gasteiger partial charge < -0.3 is 4.90 Å². The van der Waals surface area contributed by atoms with Gasteiger partial charge in [-0.15, -0.1) is 11.3 Å². The van der Waals surface area contributed by atoms with Gasteiger partial charge in [0.1, 0.15) is 0 Å². The second kappa shape index (κ2) is 3.31. The quantitative estimate of drug-likeness (QED) is 0.704. The molecule has 2 nitrogen and oxygen atoms in total. The van der Waals surface area contributed by atoms with Crippen LogP contribution >= 0.6 is 11.3 Å². The summed E-state index contributed by atoms with van der Waals surface area (Å²) in [5.74, 6) is 1.66. The molecule has 3 saturated heterocycles. The Hall–Kier alpha value is -0.410. The highest BCUT2D eigenvalue weighted by Crippen LogP contribution is 2.38. The van der Waals surface area contributed by atoms with E-state index in [4.69, 9.17) is 0 Å². The Labute approximate surface area is 89.0 Å². The summed E-state index contributed by atoms with van der Waals surface area (Å²) in [6.07, 6.45) is 2.78. The molecule has 3 aliphatic rings. The lowest BCUT2D eigenvalue weighted by Gasteiger charge is -2.44. The van der Waals surface area contributed by atoms with E-state index in [-0.39, 0.29) is 0 Å². The first kappa shape index (κ1) is 8.86. The predicted octanol–water partition coefficient (Wildman–Crippen LogP) is 2.26. The maximum atomic E-state index is 4.64. The molecule has 0 spiro atoms. The Kier molecular flexibility index (Phi) is 2.10. The highest BCUT2D eigenvalue weighted by Gasteiger charge is 2.35. The van der Waals surface area contributed by atoms with E-state index in [0.717, 1.165) is 11.8 Å². The standard InChI is InChI=1S/C11H16N2S/c1-8-12-11(7-14-8)10-6-13-4-2-9(10)3-5-13/h7,9-10H,2-6H2,1H3. The van der Waals surface area contributed by atoms with Crippen LogP contribution in [0.2, 0.25) is 0 Å². The van der Waals surface area contributed by atoms with Crippen molar-refractivity contribution in [2.24, 2.45) is 5.92 Å². The Morgan fingerprint density at radius 1 is 1.43 bits per heavy atom. The third-order valence-corrected chi connectivity index (χ3v) is 4.46. The van der Waals surface area contributed by atoms with E-state index in [1.807, 2.05) is 0 Å². The number of aromatic nitrogens is 1. The fourth-order valence-electron chi connectivity index (χ4n) is 2.85. The first-order chi connectivity index (χ1) is 6.83. The van der Waals surface area contributed by atoms with Crippen LogP contribution in [0.3, 0.4) is 0 Å². The van der Waals surface area contributed by atoms with Crippen molar-refractivity contribution < 1.29 is 0 Å². The van der Waals surface area contributed by atoms with Crippen molar-refractivity contribution in [1.82, 2.24) is 9.88 Å². The van der Waals surface area contributed by atoms with Crippen LogP contribution in [0.15, 0.2) is 5.38 Å². The molecule has 1 unspecified atom stereocenters. The maximum Gasteiger partial charge on any atom is 0.0897 e. The predicted molar refractivity (Wildman–Crippen MR) is 58.8 cm³/mol. The van der Waals surface area contributed by atoms with Gasteiger partial charge in [0.05, 0.1) is 10.7 Å². The molecule has 76 valence electrons. The summed E-state index contributed by atoms with van der Waals surface area (Å²) < 4.78 is 0. The Morgan fingerprint density at radius 2 is 2.21 bits per heavy atom. The van der Waals surface area contributed by atoms with Crippen molar-refractivity contribution in [3.05, 3.63) is 16.1 Å². The highest BCUT2D eigenvalue weighted by atomic mass is 32.1. The van der Waals surface area contributed by atoms with Crippen molar-refractivity contribution in [2.45, 2.75) is 25.7 Å². The molecule has 0 N–H and O–H groups in total. The van der Waals surface area contributed by atoms with Crippen LogP contribution in [0.1, 0.15) is 29.5 Å². The monoisotopic (exact) mass is 208 g/mol. The van der Waals surface area contributed by atoms with Gasteiger partial charge in [-0.3, -0.25) is 0 Å². The summed E-state index contributed by atoms with van der Waals surface area (Å²) in [5.41, 5.74) is 1.36. The average Bonchev–Trinajstić information content (AvgIpc) is 2.66. The molecule has 2 bridgehead atoms. The number of thiazole rings is 1. The van der Waals surface area contributed by atoms with Crippen molar-refractivity contribution >= 4 is 11.3 Å². The molecule has 1 aromatic rings. The van der Waals surface area contributed by atoms with Gasteiger partial charge in [-0.05, 0) is 38.8 Å². The number of hydrogen-bond donors (Lipinski definition) is 0. The lowest BCUT2D eigenvalue weighted by atomic mass is 9.78. The molecule has 1 aromatic heterocycles. The lowest BCUT2D eigenvalue weighted by molar-refractivity contribution is 0.0856. The molecule has 0 aliphatic carbocycles. The zero-order chi connectivity index (χ0) is 9.54. The first-order valence-electron chi connectivity index (χ1n) is 5.47. The van der Waals surface area contributed by atoms with Crippen molar-refractivity contribution in [2.75, 3.05) is 19.6 Å². The van der Waals surface area contributed by atoms with Gasteiger partial charge in [0, 0.05) is 17.8 Å². The second-order valence-corrected chi connectivity index (χ2v) is 5.60. The molecular weight excluding hydrogens is 192 g/mol. The molecular formula is C11H16N2S. The van der Waals surface area contributed by atoms with E-state index >= 15 is 0 Å². The zero-order valence-corrected chi connectivity index (χ0v) is 9.39. The summed E-state index contributed by atoms with van der Waals surface area (Å²) in [4.78, 5) is 7.24.